The van der Waals surface area contributed by atoms with Crippen LogP contribution in [0.2, 0.25) is 0 Å². The minimum absolute atomic E-state index is 0.0743. The first-order chi connectivity index (χ1) is 10.0. The van der Waals surface area contributed by atoms with E-state index in [1.807, 2.05) is 36.1 Å². The maximum absolute atomic E-state index is 13.8. The van der Waals surface area contributed by atoms with Gasteiger partial charge in [-0.25, -0.2) is 4.39 Å². The zero-order chi connectivity index (χ0) is 15.4. The molecule has 0 saturated carbocycles. The van der Waals surface area contributed by atoms with E-state index < -0.39 is 11.7 Å². The van der Waals surface area contributed by atoms with Crippen molar-refractivity contribution in [2.45, 2.75) is 13.5 Å². The summed E-state index contributed by atoms with van der Waals surface area (Å²) in [4.78, 5) is 13.4. The van der Waals surface area contributed by atoms with Crippen LogP contribution in [-0.4, -0.2) is 12.5 Å². The highest BCUT2D eigenvalue weighted by Gasteiger charge is 2.18. The number of benzene rings is 2. The normalized spacial score (nSPS) is 10.4. The molecule has 0 aliphatic carbocycles. The fourth-order valence-corrected chi connectivity index (χ4v) is 2.23. The maximum Gasteiger partial charge on any atom is 0.253 e. The first kappa shape index (κ1) is 14.8. The number of amides is 1. The summed E-state index contributed by atoms with van der Waals surface area (Å²) < 4.78 is 13.8. The fraction of sp³-hybridized carbons (Fsp3) is 0.188. The SMILES string of the molecule is CCN(Cc1ccc(N)cc1)c1cccc(F)c1C(N)=O. The van der Waals surface area contributed by atoms with E-state index in [-0.39, 0.29) is 5.56 Å². The maximum atomic E-state index is 13.8. The summed E-state index contributed by atoms with van der Waals surface area (Å²) in [5.41, 5.74) is 13.1. The van der Waals surface area contributed by atoms with E-state index in [1.54, 1.807) is 12.1 Å². The van der Waals surface area contributed by atoms with Gasteiger partial charge in [-0.1, -0.05) is 18.2 Å². The average molecular weight is 287 g/mol. The van der Waals surface area contributed by atoms with Crippen LogP contribution in [0.15, 0.2) is 42.5 Å². The minimum atomic E-state index is -0.765. The number of hydrogen-bond acceptors (Lipinski definition) is 3. The Hall–Kier alpha value is -2.56. The van der Waals surface area contributed by atoms with Crippen molar-refractivity contribution >= 4 is 17.3 Å². The van der Waals surface area contributed by atoms with Crippen molar-refractivity contribution in [1.29, 1.82) is 0 Å². The van der Waals surface area contributed by atoms with Crippen molar-refractivity contribution < 1.29 is 9.18 Å². The Kier molecular flexibility index (Phi) is 4.42. The standard InChI is InChI=1S/C16H18FN3O/c1-2-20(10-11-6-8-12(18)9-7-11)14-5-3-4-13(17)15(14)16(19)21/h3-9H,2,10,18H2,1H3,(H2,19,21). The molecule has 0 heterocycles. The van der Waals surface area contributed by atoms with Crippen LogP contribution < -0.4 is 16.4 Å². The van der Waals surface area contributed by atoms with Gasteiger partial charge in [-0.2, -0.15) is 0 Å². The van der Waals surface area contributed by atoms with Gasteiger partial charge < -0.3 is 16.4 Å². The zero-order valence-electron chi connectivity index (χ0n) is 11.8. The Balaban J connectivity index is 2.35. The molecule has 1 amide bonds. The number of anilines is 2. The molecule has 2 rings (SSSR count). The summed E-state index contributed by atoms with van der Waals surface area (Å²) >= 11 is 0. The van der Waals surface area contributed by atoms with Crippen LogP contribution in [0, 0.1) is 5.82 Å². The van der Waals surface area contributed by atoms with Crippen molar-refractivity contribution in [3.8, 4) is 0 Å². The molecule has 0 bridgehead atoms. The predicted octanol–water partition coefficient (Wildman–Crippen LogP) is 2.53. The van der Waals surface area contributed by atoms with Crippen molar-refractivity contribution in [3.63, 3.8) is 0 Å². The van der Waals surface area contributed by atoms with E-state index in [2.05, 4.69) is 0 Å². The third-order valence-electron chi connectivity index (χ3n) is 3.31. The van der Waals surface area contributed by atoms with Gasteiger partial charge in [0.15, 0.2) is 0 Å². The van der Waals surface area contributed by atoms with E-state index in [0.29, 0.717) is 24.5 Å². The molecule has 0 aliphatic rings. The number of carbonyl (C=O) groups excluding carboxylic acids is 1. The number of carbonyl (C=O) groups is 1. The van der Waals surface area contributed by atoms with E-state index >= 15 is 0 Å². The molecule has 0 unspecified atom stereocenters. The number of rotatable bonds is 5. The van der Waals surface area contributed by atoms with Gasteiger partial charge in [0.05, 0.1) is 11.3 Å². The van der Waals surface area contributed by atoms with Crippen LogP contribution in [0.1, 0.15) is 22.8 Å². The van der Waals surface area contributed by atoms with E-state index in [9.17, 15) is 9.18 Å². The fourth-order valence-electron chi connectivity index (χ4n) is 2.23. The number of primary amides is 1. The van der Waals surface area contributed by atoms with Crippen molar-refractivity contribution in [1.82, 2.24) is 0 Å². The molecule has 0 radical (unpaired) electrons. The van der Waals surface area contributed by atoms with Gasteiger partial charge in [0.25, 0.3) is 5.91 Å². The third kappa shape index (κ3) is 3.31. The Morgan fingerprint density at radius 3 is 2.43 bits per heavy atom. The minimum Gasteiger partial charge on any atom is -0.399 e. The molecular weight excluding hydrogens is 269 g/mol. The zero-order valence-corrected chi connectivity index (χ0v) is 11.8. The monoisotopic (exact) mass is 287 g/mol. The number of nitrogens with two attached hydrogens (primary N) is 2. The van der Waals surface area contributed by atoms with Gasteiger partial charge in [-0.05, 0) is 36.8 Å². The van der Waals surface area contributed by atoms with Crippen molar-refractivity contribution in [2.24, 2.45) is 5.73 Å². The molecule has 4 nitrogen and oxygen atoms in total. The number of halogens is 1. The summed E-state index contributed by atoms with van der Waals surface area (Å²) in [5, 5.41) is 0. The second-order valence-corrected chi connectivity index (χ2v) is 4.75. The van der Waals surface area contributed by atoms with E-state index in [1.165, 1.54) is 6.07 Å². The van der Waals surface area contributed by atoms with E-state index in [0.717, 1.165) is 5.56 Å². The van der Waals surface area contributed by atoms with Gasteiger partial charge >= 0.3 is 0 Å². The van der Waals surface area contributed by atoms with Crippen LogP contribution in [0.5, 0.6) is 0 Å². The molecule has 0 atom stereocenters. The number of hydrogen-bond donors (Lipinski definition) is 2. The molecule has 0 fully saturated rings. The van der Waals surface area contributed by atoms with Gasteiger partial charge in [-0.3, -0.25) is 4.79 Å². The van der Waals surface area contributed by atoms with Crippen molar-refractivity contribution in [3.05, 3.63) is 59.4 Å². The highest BCUT2D eigenvalue weighted by Crippen LogP contribution is 2.24. The van der Waals surface area contributed by atoms with Crippen LogP contribution in [0.3, 0.4) is 0 Å². The Morgan fingerprint density at radius 1 is 1.19 bits per heavy atom. The van der Waals surface area contributed by atoms with Crippen LogP contribution >= 0.6 is 0 Å². The van der Waals surface area contributed by atoms with Crippen LogP contribution in [-0.2, 0) is 6.54 Å². The highest BCUT2D eigenvalue weighted by atomic mass is 19.1. The lowest BCUT2D eigenvalue weighted by Crippen LogP contribution is -2.26. The number of nitrogens with zero attached hydrogens (tertiary/aromatic N) is 1. The van der Waals surface area contributed by atoms with Crippen molar-refractivity contribution in [2.75, 3.05) is 17.2 Å². The van der Waals surface area contributed by atoms with E-state index in [4.69, 9.17) is 11.5 Å². The summed E-state index contributed by atoms with van der Waals surface area (Å²) in [7, 11) is 0. The summed E-state index contributed by atoms with van der Waals surface area (Å²) in [6.45, 7) is 3.10. The molecule has 0 spiro atoms. The highest BCUT2D eigenvalue weighted by molar-refractivity contribution is 5.99. The van der Waals surface area contributed by atoms with Gasteiger partial charge in [0, 0.05) is 18.8 Å². The topological polar surface area (TPSA) is 72.3 Å². The third-order valence-corrected chi connectivity index (χ3v) is 3.31. The molecule has 2 aromatic rings. The molecule has 21 heavy (non-hydrogen) atoms. The first-order valence-corrected chi connectivity index (χ1v) is 6.70. The van der Waals surface area contributed by atoms with Gasteiger partial charge in [0.1, 0.15) is 5.82 Å². The van der Waals surface area contributed by atoms with Crippen LogP contribution in [0.4, 0.5) is 15.8 Å². The van der Waals surface area contributed by atoms with Gasteiger partial charge in [-0.15, -0.1) is 0 Å². The Morgan fingerprint density at radius 2 is 1.86 bits per heavy atom. The molecule has 4 N–H and O–H groups in total. The summed E-state index contributed by atoms with van der Waals surface area (Å²) in [6, 6.07) is 11.9. The molecule has 0 saturated heterocycles. The quantitative estimate of drug-likeness (QED) is 0.830. The lowest BCUT2D eigenvalue weighted by molar-refractivity contribution is 0.0997. The Bertz CT molecular complexity index is 640. The molecule has 5 heteroatoms. The molecule has 110 valence electrons. The number of nitrogen functional groups attached to an aromatic ring is 1. The predicted molar refractivity (Wildman–Crippen MR) is 82.5 cm³/mol. The second kappa shape index (κ2) is 6.26. The summed E-state index contributed by atoms with van der Waals surface area (Å²) in [6.07, 6.45) is 0. The first-order valence-electron chi connectivity index (χ1n) is 6.70. The smallest absolute Gasteiger partial charge is 0.253 e. The lowest BCUT2D eigenvalue weighted by Gasteiger charge is -2.25. The average Bonchev–Trinajstić information content (AvgIpc) is 2.46. The largest absolute Gasteiger partial charge is 0.399 e. The molecular formula is C16H18FN3O. The Labute approximate surface area is 123 Å². The van der Waals surface area contributed by atoms with Gasteiger partial charge in [0.2, 0.25) is 0 Å². The summed E-state index contributed by atoms with van der Waals surface area (Å²) in [5.74, 6) is -1.37. The lowest BCUT2D eigenvalue weighted by atomic mass is 10.1. The second-order valence-electron chi connectivity index (χ2n) is 4.75. The molecule has 0 aliphatic heterocycles. The molecule has 0 aromatic heterocycles. The molecule has 2 aromatic carbocycles. The van der Waals surface area contributed by atoms with Crippen LogP contribution in [0.25, 0.3) is 0 Å².